The van der Waals surface area contributed by atoms with Crippen molar-refractivity contribution in [1.29, 1.82) is 0 Å². The third kappa shape index (κ3) is 3.70. The van der Waals surface area contributed by atoms with Gasteiger partial charge in [-0.15, -0.1) is 0 Å². The van der Waals surface area contributed by atoms with Gasteiger partial charge in [0.2, 0.25) is 0 Å². The topological polar surface area (TPSA) is 40.5 Å². The highest BCUT2D eigenvalue weighted by Crippen LogP contribution is 2.41. The molecular formula is C21H22BrNO2. The van der Waals surface area contributed by atoms with Crippen molar-refractivity contribution in [3.05, 3.63) is 81.3 Å². The highest BCUT2D eigenvalue weighted by atomic mass is 79.9. The molecular weight excluding hydrogens is 378 g/mol. The molecule has 0 saturated carbocycles. The van der Waals surface area contributed by atoms with Gasteiger partial charge in [-0.1, -0.05) is 65.3 Å². The Hall–Kier alpha value is -1.91. The molecule has 0 spiro atoms. The van der Waals surface area contributed by atoms with Crippen molar-refractivity contribution in [1.82, 2.24) is 4.90 Å². The van der Waals surface area contributed by atoms with Crippen molar-refractivity contribution >= 4 is 21.8 Å². The molecule has 2 aromatic carbocycles. The number of nitrogens with zero attached hydrogens (tertiary/aromatic N) is 1. The van der Waals surface area contributed by atoms with Gasteiger partial charge in [0.15, 0.2) is 0 Å². The lowest BCUT2D eigenvalue weighted by Crippen LogP contribution is -2.30. The quantitative estimate of drug-likeness (QED) is 0.769. The average Bonchev–Trinajstić information content (AvgIpc) is 2.89. The fraction of sp³-hybridized carbons (Fsp3) is 0.286. The molecule has 1 N–H and O–H groups in total. The Morgan fingerprint density at radius 3 is 2.36 bits per heavy atom. The predicted molar refractivity (Wildman–Crippen MR) is 103 cm³/mol. The van der Waals surface area contributed by atoms with E-state index in [1.807, 2.05) is 47.4 Å². The first-order valence-electron chi connectivity index (χ1n) is 8.58. The average molecular weight is 400 g/mol. The van der Waals surface area contributed by atoms with Crippen molar-refractivity contribution in [2.24, 2.45) is 0 Å². The highest BCUT2D eigenvalue weighted by Gasteiger charge is 2.38. The molecule has 4 heteroatoms. The summed E-state index contributed by atoms with van der Waals surface area (Å²) in [6, 6.07) is 18.1. The van der Waals surface area contributed by atoms with Crippen LogP contribution in [-0.2, 0) is 11.3 Å². The first kappa shape index (κ1) is 17.9. The summed E-state index contributed by atoms with van der Waals surface area (Å²) in [5.41, 5.74) is 4.11. The molecule has 1 atom stereocenters. The fourth-order valence-corrected chi connectivity index (χ4v) is 3.80. The zero-order valence-electron chi connectivity index (χ0n) is 14.3. The van der Waals surface area contributed by atoms with Gasteiger partial charge in [0.25, 0.3) is 5.91 Å². The second kappa shape index (κ2) is 7.98. The van der Waals surface area contributed by atoms with E-state index in [0.717, 1.165) is 33.2 Å². The van der Waals surface area contributed by atoms with Crippen LogP contribution >= 0.6 is 15.9 Å². The molecule has 0 saturated heterocycles. The minimum absolute atomic E-state index is 0.00317. The van der Waals surface area contributed by atoms with Gasteiger partial charge in [-0.25, -0.2) is 0 Å². The van der Waals surface area contributed by atoms with Gasteiger partial charge in [0.05, 0.1) is 6.04 Å². The predicted octanol–water partition coefficient (Wildman–Crippen LogP) is 4.62. The lowest BCUT2D eigenvalue weighted by atomic mass is 9.94. The van der Waals surface area contributed by atoms with Crippen LogP contribution in [0.1, 0.15) is 36.9 Å². The minimum Gasteiger partial charge on any atom is -0.396 e. The van der Waals surface area contributed by atoms with Gasteiger partial charge in [-0.2, -0.15) is 0 Å². The van der Waals surface area contributed by atoms with Crippen LogP contribution in [0.5, 0.6) is 0 Å². The number of aliphatic hydroxyl groups excluding tert-OH is 1. The van der Waals surface area contributed by atoms with E-state index < -0.39 is 0 Å². The summed E-state index contributed by atoms with van der Waals surface area (Å²) >= 11 is 3.48. The van der Waals surface area contributed by atoms with Crippen molar-refractivity contribution < 1.29 is 9.90 Å². The van der Waals surface area contributed by atoms with Crippen molar-refractivity contribution in [2.45, 2.75) is 32.4 Å². The van der Waals surface area contributed by atoms with Gasteiger partial charge in [-0.3, -0.25) is 4.79 Å². The zero-order chi connectivity index (χ0) is 17.8. The van der Waals surface area contributed by atoms with Crippen LogP contribution in [0.3, 0.4) is 0 Å². The van der Waals surface area contributed by atoms with Crippen LogP contribution in [0.25, 0.3) is 0 Å². The summed E-state index contributed by atoms with van der Waals surface area (Å²) in [6.45, 7) is 2.65. The molecule has 1 amide bonds. The molecule has 3 rings (SSSR count). The molecule has 0 aliphatic carbocycles. The molecule has 130 valence electrons. The lowest BCUT2D eigenvalue weighted by Gasteiger charge is -2.28. The Morgan fingerprint density at radius 2 is 1.76 bits per heavy atom. The smallest absolute Gasteiger partial charge is 0.250 e. The third-order valence-corrected chi connectivity index (χ3v) is 5.20. The largest absolute Gasteiger partial charge is 0.396 e. The Balaban J connectivity index is 2.02. The van der Waals surface area contributed by atoms with E-state index in [0.29, 0.717) is 13.0 Å². The van der Waals surface area contributed by atoms with Gasteiger partial charge in [-0.05, 0) is 35.3 Å². The fourth-order valence-electron chi connectivity index (χ4n) is 3.54. The maximum absolute atomic E-state index is 13.1. The standard InChI is InChI=1S/C21H22BrNO2/c1-2-18-19(12-13-24)21(25)23(14-15-6-4-3-5-7-15)20(18)16-8-10-17(22)11-9-16/h3-11,20,24H,2,12-14H2,1H3. The van der Waals surface area contributed by atoms with E-state index in [-0.39, 0.29) is 18.6 Å². The molecule has 1 aliphatic rings. The number of aliphatic hydroxyl groups is 1. The second-order valence-corrected chi connectivity index (χ2v) is 7.12. The Bertz CT molecular complexity index is 768. The van der Waals surface area contributed by atoms with Gasteiger partial charge in [0.1, 0.15) is 0 Å². The summed E-state index contributed by atoms with van der Waals surface area (Å²) in [5, 5.41) is 9.42. The SMILES string of the molecule is CCC1=C(CCO)C(=O)N(Cc2ccccc2)C1c1ccc(Br)cc1. The number of hydrogen-bond acceptors (Lipinski definition) is 2. The maximum atomic E-state index is 13.1. The molecule has 0 bridgehead atoms. The van der Waals surface area contributed by atoms with Crippen molar-refractivity contribution in [3.63, 3.8) is 0 Å². The van der Waals surface area contributed by atoms with Crippen LogP contribution in [0.2, 0.25) is 0 Å². The number of carbonyl (C=O) groups excluding carboxylic acids is 1. The number of amides is 1. The molecule has 0 aromatic heterocycles. The van der Waals surface area contributed by atoms with Gasteiger partial charge < -0.3 is 10.0 Å². The Kier molecular flexibility index (Phi) is 5.71. The molecule has 0 radical (unpaired) electrons. The van der Waals surface area contributed by atoms with Crippen LogP contribution < -0.4 is 0 Å². The van der Waals surface area contributed by atoms with E-state index in [1.54, 1.807) is 0 Å². The minimum atomic E-state index is -0.0626. The number of hydrogen-bond donors (Lipinski definition) is 1. The Morgan fingerprint density at radius 1 is 1.08 bits per heavy atom. The van der Waals surface area contributed by atoms with E-state index >= 15 is 0 Å². The molecule has 0 fully saturated rings. The monoisotopic (exact) mass is 399 g/mol. The van der Waals surface area contributed by atoms with Crippen molar-refractivity contribution in [3.8, 4) is 0 Å². The second-order valence-electron chi connectivity index (χ2n) is 6.20. The lowest BCUT2D eigenvalue weighted by molar-refractivity contribution is -0.128. The molecule has 1 aliphatic heterocycles. The molecule has 1 unspecified atom stereocenters. The first-order chi connectivity index (χ1) is 12.2. The summed E-state index contributed by atoms with van der Waals surface area (Å²) in [4.78, 5) is 15.0. The Labute approximate surface area is 157 Å². The van der Waals surface area contributed by atoms with Gasteiger partial charge >= 0.3 is 0 Å². The number of benzene rings is 2. The molecule has 25 heavy (non-hydrogen) atoms. The van der Waals surface area contributed by atoms with Crippen LogP contribution in [0, 0.1) is 0 Å². The summed E-state index contributed by atoms with van der Waals surface area (Å²) in [7, 11) is 0. The molecule has 1 heterocycles. The number of rotatable bonds is 6. The summed E-state index contributed by atoms with van der Waals surface area (Å²) in [5.74, 6) is 0.0441. The van der Waals surface area contributed by atoms with Crippen LogP contribution in [0.15, 0.2) is 70.2 Å². The van der Waals surface area contributed by atoms with E-state index in [2.05, 4.69) is 35.0 Å². The van der Waals surface area contributed by atoms with E-state index in [9.17, 15) is 9.90 Å². The van der Waals surface area contributed by atoms with Crippen LogP contribution in [0.4, 0.5) is 0 Å². The van der Waals surface area contributed by atoms with Crippen molar-refractivity contribution in [2.75, 3.05) is 6.61 Å². The summed E-state index contributed by atoms with van der Waals surface area (Å²) < 4.78 is 1.02. The first-order valence-corrected chi connectivity index (χ1v) is 9.38. The normalized spacial score (nSPS) is 17.5. The number of halogens is 1. The zero-order valence-corrected chi connectivity index (χ0v) is 15.9. The summed E-state index contributed by atoms with van der Waals surface area (Å²) in [6.07, 6.45) is 1.22. The third-order valence-electron chi connectivity index (χ3n) is 4.67. The highest BCUT2D eigenvalue weighted by molar-refractivity contribution is 9.10. The van der Waals surface area contributed by atoms with Gasteiger partial charge in [0, 0.05) is 29.6 Å². The van der Waals surface area contributed by atoms with E-state index in [4.69, 9.17) is 0 Å². The van der Waals surface area contributed by atoms with Crippen LogP contribution in [-0.4, -0.2) is 22.5 Å². The molecule has 2 aromatic rings. The van der Waals surface area contributed by atoms with E-state index in [1.165, 1.54) is 0 Å². The maximum Gasteiger partial charge on any atom is 0.250 e. The number of carbonyl (C=O) groups is 1. The molecule has 3 nitrogen and oxygen atoms in total.